The zero-order chi connectivity index (χ0) is 45.4. The van der Waals surface area contributed by atoms with Crippen molar-refractivity contribution in [2.24, 2.45) is 5.41 Å². The molecule has 0 bridgehead atoms. The minimum absolute atomic E-state index is 0.0126. The summed E-state index contributed by atoms with van der Waals surface area (Å²) in [5.74, 6) is -3.25. The molecule has 10 rings (SSSR count). The molecule has 1 spiro atoms. The summed E-state index contributed by atoms with van der Waals surface area (Å²) in [6.45, 7) is 5.50. The van der Waals surface area contributed by atoms with Gasteiger partial charge >= 0.3 is 6.03 Å². The molecule has 0 radical (unpaired) electrons. The van der Waals surface area contributed by atoms with Crippen LogP contribution in [0.5, 0.6) is 0 Å². The third-order valence-corrected chi connectivity index (χ3v) is 15.1. The lowest BCUT2D eigenvalue weighted by Gasteiger charge is -2.51. The number of halogens is 4. The van der Waals surface area contributed by atoms with Crippen molar-refractivity contribution in [2.75, 3.05) is 74.5 Å². The number of anilines is 4. The van der Waals surface area contributed by atoms with E-state index in [9.17, 15) is 23.6 Å². The molecule has 1 unspecified atom stereocenters. The number of piperidine rings is 3. The van der Waals surface area contributed by atoms with Crippen LogP contribution in [0.1, 0.15) is 82.5 Å². The molecule has 3 N–H and O–H groups in total. The van der Waals surface area contributed by atoms with Crippen LogP contribution in [0.2, 0.25) is 5.02 Å². The maximum atomic E-state index is 16.2. The fourth-order valence-corrected chi connectivity index (χ4v) is 11.0. The van der Waals surface area contributed by atoms with Gasteiger partial charge in [-0.1, -0.05) is 23.7 Å². The van der Waals surface area contributed by atoms with Gasteiger partial charge in [-0.15, -0.1) is 5.10 Å². The standard InChI is InChI=1S/C46H53ClF3N11O4/c1-27-31(47)20-29(21-36(27)60-15-8-40(62)54-44(60)65)43(64)58-18-11-45(12-19-58)9-16-57(17-10-45)38-7-13-56(26-46(38,49)50)25-28-4-3-5-35-30(28)6-14-59(35)39-23-34(51-2)41-52-24-37(61(41)55-39)42(63)53-33-22-32(33)48/h3-5,20-21,23-24,32-33,38,51H,6-19,22,25-26H2,1-2H3,(H,53,63)(H,54,62,65)/t32-,33?,38+/m0/s1. The second kappa shape index (κ2) is 16.8. The van der Waals surface area contributed by atoms with Crippen LogP contribution in [0, 0.1) is 12.3 Å². The summed E-state index contributed by atoms with van der Waals surface area (Å²) in [6.07, 6.45) is 5.10. The predicted molar refractivity (Wildman–Crippen MR) is 239 cm³/mol. The number of benzene rings is 2. The number of carbonyl (C=O) groups is 4. The number of nitrogens with one attached hydrogen (secondary N) is 3. The summed E-state index contributed by atoms with van der Waals surface area (Å²) in [4.78, 5) is 64.8. The lowest BCUT2D eigenvalue weighted by atomic mass is 9.70. The first-order valence-corrected chi connectivity index (χ1v) is 23.0. The molecule has 65 heavy (non-hydrogen) atoms. The van der Waals surface area contributed by atoms with Crippen molar-refractivity contribution in [2.45, 2.75) is 89.0 Å². The van der Waals surface area contributed by atoms with Gasteiger partial charge in [0.2, 0.25) is 5.91 Å². The van der Waals surface area contributed by atoms with Gasteiger partial charge in [-0.25, -0.2) is 27.5 Å². The topological polar surface area (TPSA) is 151 Å². The van der Waals surface area contributed by atoms with E-state index in [1.54, 1.807) is 26.1 Å². The molecule has 3 atom stereocenters. The normalized spacial score (nSPS) is 24.3. The molecule has 5 fully saturated rings. The summed E-state index contributed by atoms with van der Waals surface area (Å²) in [6, 6.07) is 9.30. The maximum absolute atomic E-state index is 16.2. The van der Waals surface area contributed by atoms with Crippen molar-refractivity contribution in [3.8, 4) is 0 Å². The van der Waals surface area contributed by atoms with Crippen molar-refractivity contribution in [3.05, 3.63) is 75.6 Å². The second-order valence-corrected chi connectivity index (χ2v) is 19.1. The molecule has 1 aliphatic carbocycles. The van der Waals surface area contributed by atoms with Crippen LogP contribution in [0.15, 0.2) is 42.6 Å². The number of rotatable bonds is 9. The monoisotopic (exact) mass is 915 g/mol. The van der Waals surface area contributed by atoms with Gasteiger partial charge in [-0.3, -0.25) is 34.4 Å². The van der Waals surface area contributed by atoms with Crippen molar-refractivity contribution in [1.29, 1.82) is 0 Å². The number of likely N-dealkylation sites (tertiary alicyclic amines) is 3. The maximum Gasteiger partial charge on any atom is 0.328 e. The van der Waals surface area contributed by atoms with E-state index >= 15 is 8.78 Å². The van der Waals surface area contributed by atoms with Crippen LogP contribution in [0.4, 0.5) is 40.8 Å². The average Bonchev–Trinajstić information content (AvgIpc) is 3.59. The van der Waals surface area contributed by atoms with Crippen LogP contribution in [-0.4, -0.2) is 137 Å². The molecule has 19 heteroatoms. The van der Waals surface area contributed by atoms with E-state index in [0.717, 1.165) is 42.5 Å². The molecule has 1 saturated carbocycles. The van der Waals surface area contributed by atoms with Gasteiger partial charge in [0.25, 0.3) is 17.7 Å². The third-order valence-electron chi connectivity index (χ3n) is 14.7. The molecule has 2 aromatic heterocycles. The van der Waals surface area contributed by atoms with Gasteiger partial charge in [-0.05, 0) is 98.8 Å². The fourth-order valence-electron chi connectivity index (χ4n) is 10.7. The van der Waals surface area contributed by atoms with E-state index in [2.05, 4.69) is 25.8 Å². The third kappa shape index (κ3) is 8.15. The molecule has 4 aromatic rings. The van der Waals surface area contributed by atoms with E-state index in [1.165, 1.54) is 15.6 Å². The van der Waals surface area contributed by atoms with Gasteiger partial charge < -0.3 is 20.4 Å². The summed E-state index contributed by atoms with van der Waals surface area (Å²) in [5.41, 5.74) is 5.91. The predicted octanol–water partition coefficient (Wildman–Crippen LogP) is 5.94. The highest BCUT2D eigenvalue weighted by Crippen LogP contribution is 2.45. The Morgan fingerprint density at radius 1 is 0.954 bits per heavy atom. The van der Waals surface area contributed by atoms with Crippen molar-refractivity contribution in [3.63, 3.8) is 0 Å². The van der Waals surface area contributed by atoms with Crippen LogP contribution < -0.4 is 25.8 Å². The van der Waals surface area contributed by atoms with Crippen LogP contribution >= 0.6 is 11.6 Å². The van der Waals surface area contributed by atoms with E-state index < -0.39 is 36.1 Å². The summed E-state index contributed by atoms with van der Waals surface area (Å²) >= 11 is 6.56. The molecule has 15 nitrogen and oxygen atoms in total. The average molecular weight is 916 g/mol. The number of imidazole rings is 1. The Morgan fingerprint density at radius 3 is 2.40 bits per heavy atom. The number of nitrogens with zero attached hydrogens (tertiary/aromatic N) is 8. The zero-order valence-corrected chi connectivity index (χ0v) is 37.3. The number of fused-ring (bicyclic) bond motifs is 2. The molecular weight excluding hydrogens is 863 g/mol. The number of amides is 5. The smallest absolute Gasteiger partial charge is 0.328 e. The molecule has 7 heterocycles. The Labute approximate surface area is 379 Å². The van der Waals surface area contributed by atoms with Crippen molar-refractivity contribution >= 4 is 63.9 Å². The SMILES string of the molecule is CNc1cc(N2CCc3c(CN4CC[C@@H](N5CCC6(CCN(C(=O)c7cc(Cl)c(C)c(N8CCC(=O)NC8=O)c7)CC6)CC5)C(F)(F)C4)cccc32)nn2c(C(=O)NC3C[C@@H]3F)cnc12. The van der Waals surface area contributed by atoms with Crippen LogP contribution in [0.3, 0.4) is 0 Å². The Morgan fingerprint density at radius 2 is 1.69 bits per heavy atom. The Bertz CT molecular complexity index is 2570. The second-order valence-electron chi connectivity index (χ2n) is 18.7. The van der Waals surface area contributed by atoms with Crippen LogP contribution in [0.25, 0.3) is 5.65 Å². The quantitative estimate of drug-likeness (QED) is 0.184. The number of hydrogen-bond acceptors (Lipinski definition) is 10. The summed E-state index contributed by atoms with van der Waals surface area (Å²) < 4.78 is 47.5. The molecule has 2 aromatic carbocycles. The van der Waals surface area contributed by atoms with Crippen LogP contribution in [-0.2, 0) is 17.8 Å². The van der Waals surface area contributed by atoms with Gasteiger partial charge in [0, 0.05) is 81.5 Å². The highest BCUT2D eigenvalue weighted by Gasteiger charge is 2.50. The van der Waals surface area contributed by atoms with E-state index in [1.807, 2.05) is 39.0 Å². The van der Waals surface area contributed by atoms with E-state index in [0.29, 0.717) is 104 Å². The lowest BCUT2D eigenvalue weighted by molar-refractivity contribution is -0.139. The number of urea groups is 1. The fraction of sp³-hybridized carbons (Fsp3) is 0.522. The minimum Gasteiger partial charge on any atom is -0.385 e. The summed E-state index contributed by atoms with van der Waals surface area (Å²) in [5, 5.41) is 13.4. The van der Waals surface area contributed by atoms with E-state index in [-0.39, 0.29) is 42.4 Å². The number of imide groups is 1. The number of carbonyl (C=O) groups excluding carboxylic acids is 4. The Balaban J connectivity index is 0.750. The number of aromatic nitrogens is 3. The summed E-state index contributed by atoms with van der Waals surface area (Å²) in [7, 11) is 1.77. The minimum atomic E-state index is -2.90. The lowest BCUT2D eigenvalue weighted by Crippen LogP contribution is -2.60. The molecule has 6 aliphatic rings. The van der Waals surface area contributed by atoms with Gasteiger partial charge in [0.05, 0.1) is 36.2 Å². The highest BCUT2D eigenvalue weighted by atomic mass is 35.5. The first-order chi connectivity index (χ1) is 31.2. The molecule has 5 aliphatic heterocycles. The largest absolute Gasteiger partial charge is 0.385 e. The first-order valence-electron chi connectivity index (χ1n) is 22.7. The van der Waals surface area contributed by atoms with Gasteiger partial charge in [-0.2, -0.15) is 0 Å². The Hall–Kier alpha value is -5.46. The Kier molecular flexibility index (Phi) is 11.2. The number of alkyl halides is 3. The van der Waals surface area contributed by atoms with Crippen molar-refractivity contribution in [1.82, 2.24) is 39.9 Å². The van der Waals surface area contributed by atoms with Gasteiger partial charge in [0.1, 0.15) is 6.17 Å². The first kappa shape index (κ1) is 43.4. The molecule has 4 saturated heterocycles. The van der Waals surface area contributed by atoms with Gasteiger partial charge in [0.15, 0.2) is 17.2 Å². The van der Waals surface area contributed by atoms with E-state index in [4.69, 9.17) is 16.7 Å². The number of hydrogen-bond donors (Lipinski definition) is 3. The highest BCUT2D eigenvalue weighted by molar-refractivity contribution is 6.32. The molecular formula is C46H53ClF3N11O4. The van der Waals surface area contributed by atoms with Crippen molar-refractivity contribution < 1.29 is 32.3 Å². The zero-order valence-electron chi connectivity index (χ0n) is 36.5. The molecule has 344 valence electrons. The molecule has 5 amide bonds.